The molecule has 1 atom stereocenters. The number of nitrogens with one attached hydrogen (secondary N) is 1. The smallest absolute Gasteiger partial charge is 0.326 e. The molecule has 168 valence electrons. The molecule has 7 nitrogen and oxygen atoms in total. The molecule has 0 bridgehead atoms. The lowest BCUT2D eigenvalue weighted by Gasteiger charge is -2.16. The van der Waals surface area contributed by atoms with Crippen LogP contribution in [0.2, 0.25) is 0 Å². The molecule has 0 fully saturated rings. The van der Waals surface area contributed by atoms with Crippen LogP contribution in [0.3, 0.4) is 0 Å². The van der Waals surface area contributed by atoms with E-state index < -0.39 is 17.9 Å². The number of phenolic OH excluding ortho intramolecular Hbond substituents is 1. The van der Waals surface area contributed by atoms with Crippen molar-refractivity contribution in [3.63, 3.8) is 0 Å². The molecule has 0 saturated heterocycles. The van der Waals surface area contributed by atoms with Crippen molar-refractivity contribution in [2.45, 2.75) is 40.2 Å². The molecule has 0 aliphatic rings. The number of allylic oxidation sites excluding steroid dienone is 1. The Kier molecular flexibility index (Phi) is 6.88. The van der Waals surface area contributed by atoms with Crippen molar-refractivity contribution in [2.75, 3.05) is 6.61 Å². The number of rotatable bonds is 8. The van der Waals surface area contributed by atoms with Gasteiger partial charge in [0.15, 0.2) is 0 Å². The topological polar surface area (TPSA) is 109 Å². The van der Waals surface area contributed by atoms with Crippen LogP contribution >= 0.6 is 0 Å². The summed E-state index contributed by atoms with van der Waals surface area (Å²) in [6.07, 6.45) is 3.16. The average Bonchev–Trinajstić information content (AvgIpc) is 3.11. The minimum Gasteiger partial charge on any atom is -0.508 e. The van der Waals surface area contributed by atoms with E-state index >= 15 is 0 Å². The molecular weight excluding hydrogens is 410 g/mol. The van der Waals surface area contributed by atoms with Gasteiger partial charge in [-0.3, -0.25) is 4.79 Å². The Hall–Kier alpha value is -3.74. The Bertz CT molecular complexity index is 1170. The van der Waals surface area contributed by atoms with Crippen molar-refractivity contribution in [1.82, 2.24) is 5.32 Å². The maximum Gasteiger partial charge on any atom is 0.326 e. The van der Waals surface area contributed by atoms with E-state index in [0.717, 1.165) is 27.7 Å². The zero-order chi connectivity index (χ0) is 23.4. The highest BCUT2D eigenvalue weighted by Crippen LogP contribution is 2.37. The van der Waals surface area contributed by atoms with Crippen LogP contribution in [0.15, 0.2) is 47.1 Å². The highest BCUT2D eigenvalue weighted by atomic mass is 16.5. The lowest BCUT2D eigenvalue weighted by molar-refractivity contribution is -0.141. The summed E-state index contributed by atoms with van der Waals surface area (Å²) in [4.78, 5) is 24.4. The molecular formula is C25H27NO6. The standard InChI is InChI=1S/C25H27NO6/c1-5-31-23-16(4)24-20(15(3)13-32-24)12-19(23)14(2)10-22(28)26-21(25(29)30)11-17-6-8-18(27)9-7-17/h6-10,12-13,21,27H,5,11H2,1-4H3,(H,26,28)(H,29,30)/b14-10+. The molecule has 1 unspecified atom stereocenters. The van der Waals surface area contributed by atoms with Crippen LogP contribution in [0.25, 0.3) is 16.5 Å². The second-order valence-electron chi connectivity index (χ2n) is 7.70. The SMILES string of the molecule is CCOc1c(/C(C)=C/C(=O)NC(Cc2ccc(O)cc2)C(=O)O)cc2c(C)coc2c1C. The fourth-order valence-corrected chi connectivity index (χ4v) is 3.62. The van der Waals surface area contributed by atoms with Crippen molar-refractivity contribution >= 4 is 28.4 Å². The lowest BCUT2D eigenvalue weighted by Crippen LogP contribution is -2.41. The minimum atomic E-state index is -1.14. The maximum atomic E-state index is 12.7. The minimum absolute atomic E-state index is 0.0912. The van der Waals surface area contributed by atoms with Crippen LogP contribution in [0.5, 0.6) is 11.5 Å². The molecule has 3 rings (SSSR count). The van der Waals surface area contributed by atoms with Crippen molar-refractivity contribution in [2.24, 2.45) is 0 Å². The summed E-state index contributed by atoms with van der Waals surface area (Å²) in [7, 11) is 0. The van der Waals surface area contributed by atoms with Crippen LogP contribution in [0, 0.1) is 13.8 Å². The lowest BCUT2D eigenvalue weighted by atomic mass is 9.98. The summed E-state index contributed by atoms with van der Waals surface area (Å²) in [6.45, 7) is 7.97. The van der Waals surface area contributed by atoms with Gasteiger partial charge in [0.25, 0.3) is 0 Å². The van der Waals surface area contributed by atoms with Gasteiger partial charge in [-0.05, 0) is 62.6 Å². The van der Waals surface area contributed by atoms with Crippen molar-refractivity contribution < 1.29 is 29.0 Å². The van der Waals surface area contributed by atoms with Gasteiger partial charge in [-0.25, -0.2) is 4.79 Å². The Labute approximate surface area is 186 Å². The van der Waals surface area contributed by atoms with Crippen molar-refractivity contribution in [3.05, 3.63) is 64.9 Å². The molecule has 0 spiro atoms. The van der Waals surface area contributed by atoms with E-state index in [2.05, 4.69) is 5.32 Å². The van der Waals surface area contributed by atoms with Crippen LogP contribution in [0.1, 0.15) is 36.1 Å². The molecule has 1 heterocycles. The predicted octanol–water partition coefficient (Wildman–Crippen LogP) is 4.37. The summed E-state index contributed by atoms with van der Waals surface area (Å²) in [6, 6.07) is 7.02. The van der Waals surface area contributed by atoms with E-state index in [1.54, 1.807) is 25.3 Å². The average molecular weight is 437 g/mol. The Morgan fingerprint density at radius 2 is 1.91 bits per heavy atom. The van der Waals surface area contributed by atoms with Gasteiger partial charge in [-0.15, -0.1) is 0 Å². The number of carboxylic acid groups (broad SMARTS) is 1. The zero-order valence-electron chi connectivity index (χ0n) is 18.6. The third-order valence-corrected chi connectivity index (χ3v) is 5.29. The number of furan rings is 1. The second kappa shape index (κ2) is 9.60. The van der Waals surface area contributed by atoms with Gasteiger partial charge in [0, 0.05) is 29.0 Å². The molecule has 0 radical (unpaired) electrons. The molecule has 1 amide bonds. The first kappa shape index (κ1) is 22.9. The van der Waals surface area contributed by atoms with Gasteiger partial charge in [-0.1, -0.05) is 12.1 Å². The number of hydrogen-bond acceptors (Lipinski definition) is 5. The van der Waals surface area contributed by atoms with Gasteiger partial charge in [0.1, 0.15) is 23.1 Å². The van der Waals surface area contributed by atoms with Gasteiger partial charge >= 0.3 is 5.97 Å². The number of aryl methyl sites for hydroxylation is 2. The summed E-state index contributed by atoms with van der Waals surface area (Å²) < 4.78 is 11.5. The van der Waals surface area contributed by atoms with Gasteiger partial charge in [-0.2, -0.15) is 0 Å². The summed E-state index contributed by atoms with van der Waals surface area (Å²) in [5, 5.41) is 22.4. The zero-order valence-corrected chi connectivity index (χ0v) is 18.6. The second-order valence-corrected chi connectivity index (χ2v) is 7.70. The maximum absolute atomic E-state index is 12.7. The number of carbonyl (C=O) groups is 2. The Balaban J connectivity index is 1.88. The summed E-state index contributed by atoms with van der Waals surface area (Å²) in [5.41, 5.74) is 4.64. The van der Waals surface area contributed by atoms with E-state index in [0.29, 0.717) is 23.5 Å². The molecule has 0 saturated carbocycles. The molecule has 32 heavy (non-hydrogen) atoms. The number of ether oxygens (including phenoxy) is 1. The molecule has 1 aromatic heterocycles. The van der Waals surface area contributed by atoms with Crippen LogP contribution in [-0.2, 0) is 16.0 Å². The molecule has 0 aliphatic carbocycles. The quantitative estimate of drug-likeness (QED) is 0.452. The first-order valence-corrected chi connectivity index (χ1v) is 10.3. The third-order valence-electron chi connectivity index (χ3n) is 5.29. The number of fused-ring (bicyclic) bond motifs is 1. The number of phenols is 1. The van der Waals surface area contributed by atoms with Gasteiger partial charge in [0.2, 0.25) is 5.91 Å². The number of carboxylic acids is 1. The van der Waals surface area contributed by atoms with E-state index in [1.807, 2.05) is 26.8 Å². The summed E-state index contributed by atoms with van der Waals surface area (Å²) in [5.74, 6) is -0.931. The van der Waals surface area contributed by atoms with E-state index in [9.17, 15) is 19.8 Å². The first-order chi connectivity index (χ1) is 15.2. The third kappa shape index (κ3) is 4.94. The Morgan fingerprint density at radius 1 is 1.22 bits per heavy atom. The normalized spacial score (nSPS) is 12.6. The van der Waals surface area contributed by atoms with Gasteiger partial charge in [0.05, 0.1) is 12.9 Å². The molecule has 3 N–H and O–H groups in total. The first-order valence-electron chi connectivity index (χ1n) is 10.3. The molecule has 0 aliphatic heterocycles. The number of aromatic hydroxyl groups is 1. The van der Waals surface area contributed by atoms with Crippen molar-refractivity contribution in [3.8, 4) is 11.5 Å². The van der Waals surface area contributed by atoms with E-state index in [-0.39, 0.29) is 12.2 Å². The highest BCUT2D eigenvalue weighted by molar-refractivity contribution is 5.99. The van der Waals surface area contributed by atoms with E-state index in [4.69, 9.17) is 9.15 Å². The monoisotopic (exact) mass is 437 g/mol. The number of benzene rings is 2. The highest BCUT2D eigenvalue weighted by Gasteiger charge is 2.21. The van der Waals surface area contributed by atoms with Crippen LogP contribution < -0.4 is 10.1 Å². The Morgan fingerprint density at radius 3 is 2.53 bits per heavy atom. The number of aliphatic carboxylic acids is 1. The van der Waals surface area contributed by atoms with Crippen LogP contribution in [-0.4, -0.2) is 34.7 Å². The van der Waals surface area contributed by atoms with Crippen molar-refractivity contribution in [1.29, 1.82) is 0 Å². The van der Waals surface area contributed by atoms with Gasteiger partial charge < -0.3 is 24.7 Å². The largest absolute Gasteiger partial charge is 0.508 e. The predicted molar refractivity (Wildman–Crippen MR) is 122 cm³/mol. The van der Waals surface area contributed by atoms with Crippen LogP contribution in [0.4, 0.5) is 0 Å². The van der Waals surface area contributed by atoms with E-state index in [1.165, 1.54) is 18.2 Å². The molecule has 2 aromatic carbocycles. The fourth-order valence-electron chi connectivity index (χ4n) is 3.62. The number of amides is 1. The fraction of sp³-hybridized carbons (Fsp3) is 0.280. The molecule has 7 heteroatoms. The molecule has 3 aromatic rings. The number of carbonyl (C=O) groups excluding carboxylic acids is 1. The summed E-state index contributed by atoms with van der Waals surface area (Å²) >= 11 is 0. The number of hydrogen-bond donors (Lipinski definition) is 3.